The van der Waals surface area contributed by atoms with Gasteiger partial charge in [-0.1, -0.05) is 127 Å². The predicted molar refractivity (Wildman–Crippen MR) is 230 cm³/mol. The number of rotatable bonds is 4. The molecule has 0 aliphatic rings. The van der Waals surface area contributed by atoms with Crippen LogP contribution < -0.4 is 0 Å². The Morgan fingerprint density at radius 3 is 1.80 bits per heavy atom. The molecule has 0 fully saturated rings. The molecular formula is C52H31N3. The third-order valence-corrected chi connectivity index (χ3v) is 11.2. The second-order valence-corrected chi connectivity index (χ2v) is 14.3. The van der Waals surface area contributed by atoms with Crippen molar-refractivity contribution in [2.45, 2.75) is 0 Å². The maximum atomic E-state index is 9.77. The molecule has 2 aromatic heterocycles. The van der Waals surface area contributed by atoms with E-state index in [9.17, 15) is 5.26 Å². The van der Waals surface area contributed by atoms with Crippen molar-refractivity contribution in [2.75, 3.05) is 0 Å². The zero-order valence-electron chi connectivity index (χ0n) is 29.7. The van der Waals surface area contributed by atoms with Crippen molar-refractivity contribution in [2.24, 2.45) is 0 Å². The second kappa shape index (κ2) is 12.3. The molecule has 3 nitrogen and oxygen atoms in total. The molecule has 0 N–H and O–H groups in total. The molecule has 2 heterocycles. The van der Waals surface area contributed by atoms with E-state index in [0.29, 0.717) is 5.56 Å². The van der Waals surface area contributed by atoms with Gasteiger partial charge in [0.25, 0.3) is 0 Å². The van der Waals surface area contributed by atoms with Gasteiger partial charge in [-0.2, -0.15) is 5.26 Å². The molecular weight excluding hydrogens is 667 g/mol. The van der Waals surface area contributed by atoms with Crippen LogP contribution in [-0.2, 0) is 0 Å². The minimum Gasteiger partial charge on any atom is -0.309 e. The maximum absolute atomic E-state index is 9.77. The summed E-state index contributed by atoms with van der Waals surface area (Å²) in [7, 11) is 0. The summed E-state index contributed by atoms with van der Waals surface area (Å²) < 4.78 is 2.29. The van der Waals surface area contributed by atoms with Gasteiger partial charge < -0.3 is 4.57 Å². The summed E-state index contributed by atoms with van der Waals surface area (Å²) in [5.41, 5.74) is 11.6. The Morgan fingerprint density at radius 2 is 1.04 bits per heavy atom. The molecule has 11 rings (SSSR count). The van der Waals surface area contributed by atoms with Crippen molar-refractivity contribution in [3.05, 3.63) is 194 Å². The van der Waals surface area contributed by atoms with Gasteiger partial charge in [0, 0.05) is 38.2 Å². The molecule has 0 saturated heterocycles. The molecule has 0 bridgehead atoms. The van der Waals surface area contributed by atoms with Crippen LogP contribution in [0.25, 0.3) is 104 Å². The zero-order chi connectivity index (χ0) is 36.5. The van der Waals surface area contributed by atoms with Gasteiger partial charge in [0.1, 0.15) is 0 Å². The Hall–Kier alpha value is -7.54. The van der Waals surface area contributed by atoms with E-state index in [1.165, 1.54) is 32.5 Å². The Kier molecular flexibility index (Phi) is 6.92. The maximum Gasteiger partial charge on any atom is 0.0991 e. The minimum atomic E-state index is 0.656. The highest BCUT2D eigenvalue weighted by Crippen LogP contribution is 2.43. The quantitative estimate of drug-likeness (QED) is 0.136. The number of aromatic nitrogens is 2. The third kappa shape index (κ3) is 4.93. The Bertz CT molecular complexity index is 3350. The van der Waals surface area contributed by atoms with Crippen molar-refractivity contribution < 1.29 is 0 Å². The van der Waals surface area contributed by atoms with E-state index in [2.05, 4.69) is 180 Å². The van der Waals surface area contributed by atoms with E-state index in [-0.39, 0.29) is 0 Å². The number of hydrogen-bond acceptors (Lipinski definition) is 2. The Morgan fingerprint density at radius 1 is 0.418 bits per heavy atom. The van der Waals surface area contributed by atoms with Crippen LogP contribution in [0, 0.1) is 11.3 Å². The van der Waals surface area contributed by atoms with E-state index in [0.717, 1.165) is 71.7 Å². The first-order valence-corrected chi connectivity index (χ1v) is 18.6. The van der Waals surface area contributed by atoms with Crippen LogP contribution in [0.2, 0.25) is 0 Å². The number of nitriles is 1. The summed E-state index contributed by atoms with van der Waals surface area (Å²) in [5.74, 6) is 0. The normalized spacial score (nSPS) is 11.6. The van der Waals surface area contributed by atoms with Crippen LogP contribution >= 0.6 is 0 Å². The first-order chi connectivity index (χ1) is 27.2. The first kappa shape index (κ1) is 31.0. The van der Waals surface area contributed by atoms with Crippen LogP contribution in [0.3, 0.4) is 0 Å². The number of para-hydroxylation sites is 1. The minimum absolute atomic E-state index is 0.656. The number of benzene rings is 9. The average Bonchev–Trinajstić information content (AvgIpc) is 3.58. The lowest BCUT2D eigenvalue weighted by Gasteiger charge is -2.17. The van der Waals surface area contributed by atoms with Gasteiger partial charge in [0.2, 0.25) is 0 Å². The van der Waals surface area contributed by atoms with Gasteiger partial charge in [-0.25, -0.2) is 4.98 Å². The summed E-state index contributed by atoms with van der Waals surface area (Å²) in [6.07, 6.45) is 0. The van der Waals surface area contributed by atoms with Gasteiger partial charge in [-0.3, -0.25) is 0 Å². The number of nitrogens with zero attached hydrogens (tertiary/aromatic N) is 3. The molecule has 11 aromatic rings. The molecule has 254 valence electrons. The summed E-state index contributed by atoms with van der Waals surface area (Å²) in [4.78, 5) is 5.38. The predicted octanol–water partition coefficient (Wildman–Crippen LogP) is 13.7. The van der Waals surface area contributed by atoms with Gasteiger partial charge >= 0.3 is 0 Å². The fourth-order valence-electron chi connectivity index (χ4n) is 8.58. The summed E-state index contributed by atoms with van der Waals surface area (Å²) in [5, 5.41) is 20.3. The van der Waals surface area contributed by atoms with Crippen LogP contribution in [0.5, 0.6) is 0 Å². The fraction of sp³-hybridized carbons (Fsp3) is 0. The fourth-order valence-corrected chi connectivity index (χ4v) is 8.58. The molecule has 0 spiro atoms. The Balaban J connectivity index is 1.10. The Labute approximate surface area is 317 Å². The lowest BCUT2D eigenvalue weighted by molar-refractivity contribution is 1.18. The molecule has 0 amide bonds. The van der Waals surface area contributed by atoms with Crippen molar-refractivity contribution >= 4 is 65.0 Å². The lowest BCUT2D eigenvalue weighted by Crippen LogP contribution is -1.93. The number of pyridine rings is 1. The van der Waals surface area contributed by atoms with Crippen molar-refractivity contribution in [3.63, 3.8) is 0 Å². The van der Waals surface area contributed by atoms with Gasteiger partial charge in [0.05, 0.1) is 33.9 Å². The number of hydrogen-bond donors (Lipinski definition) is 0. The smallest absolute Gasteiger partial charge is 0.0991 e. The molecule has 3 heteroatoms. The largest absolute Gasteiger partial charge is 0.309 e. The van der Waals surface area contributed by atoms with Crippen LogP contribution in [0.15, 0.2) is 188 Å². The summed E-state index contributed by atoms with van der Waals surface area (Å²) in [6, 6.07) is 69.2. The van der Waals surface area contributed by atoms with Crippen LogP contribution in [0.4, 0.5) is 0 Å². The molecule has 0 saturated carbocycles. The average molecular weight is 698 g/mol. The topological polar surface area (TPSA) is 41.6 Å². The molecule has 55 heavy (non-hydrogen) atoms. The highest BCUT2D eigenvalue weighted by atomic mass is 15.0. The first-order valence-electron chi connectivity index (χ1n) is 18.6. The lowest BCUT2D eigenvalue weighted by atomic mass is 9.89. The van der Waals surface area contributed by atoms with Crippen molar-refractivity contribution in [3.8, 4) is 45.3 Å². The van der Waals surface area contributed by atoms with Crippen molar-refractivity contribution in [1.82, 2.24) is 9.55 Å². The standard InChI is InChI=1S/C52H31N3/c53-32-33-19-25-49-44(27-33)45-28-39(24-26-50(45)55(49)40-15-5-2-6-16-40)34-20-22-35(23-21-34)43-31-47-51(42-18-10-9-17-41(42)43)46-29-37-13-7-8-14-38(37)30-48(46)54-52(47)36-11-3-1-4-12-36/h1-31H. The van der Waals surface area contributed by atoms with Gasteiger partial charge in [-0.05, 0) is 104 Å². The monoisotopic (exact) mass is 697 g/mol. The van der Waals surface area contributed by atoms with E-state index >= 15 is 0 Å². The van der Waals surface area contributed by atoms with E-state index in [1.807, 2.05) is 18.2 Å². The zero-order valence-corrected chi connectivity index (χ0v) is 29.7. The third-order valence-electron chi connectivity index (χ3n) is 11.2. The van der Waals surface area contributed by atoms with Gasteiger partial charge in [0.15, 0.2) is 0 Å². The second-order valence-electron chi connectivity index (χ2n) is 14.3. The van der Waals surface area contributed by atoms with E-state index < -0.39 is 0 Å². The summed E-state index contributed by atoms with van der Waals surface area (Å²) in [6.45, 7) is 0. The molecule has 0 aliphatic heterocycles. The molecule has 0 unspecified atom stereocenters. The molecule has 0 radical (unpaired) electrons. The van der Waals surface area contributed by atoms with E-state index in [1.54, 1.807) is 0 Å². The van der Waals surface area contributed by atoms with E-state index in [4.69, 9.17) is 4.98 Å². The van der Waals surface area contributed by atoms with Gasteiger partial charge in [-0.15, -0.1) is 0 Å². The molecule has 0 aliphatic carbocycles. The highest BCUT2D eigenvalue weighted by Gasteiger charge is 2.18. The van der Waals surface area contributed by atoms with Crippen LogP contribution in [0.1, 0.15) is 5.56 Å². The molecule has 0 atom stereocenters. The molecule has 9 aromatic carbocycles. The SMILES string of the molecule is N#Cc1ccc2c(c1)c1cc(-c3ccc(-c4cc5c(-c6ccccc6)nc6cc7ccccc7cc6c5c5ccccc45)cc3)ccc1n2-c1ccccc1. The number of fused-ring (bicyclic) bond motifs is 9. The van der Waals surface area contributed by atoms with Crippen molar-refractivity contribution in [1.29, 1.82) is 5.26 Å². The highest BCUT2D eigenvalue weighted by molar-refractivity contribution is 6.26. The summed E-state index contributed by atoms with van der Waals surface area (Å²) >= 11 is 0. The van der Waals surface area contributed by atoms with Crippen LogP contribution in [-0.4, -0.2) is 9.55 Å².